The van der Waals surface area contributed by atoms with Crippen molar-refractivity contribution in [2.45, 2.75) is 114 Å². The van der Waals surface area contributed by atoms with Crippen LogP contribution < -0.4 is 9.47 Å². The molecule has 0 N–H and O–H groups in total. The quantitative estimate of drug-likeness (QED) is 0.127. The second kappa shape index (κ2) is 18.7. The van der Waals surface area contributed by atoms with Crippen LogP contribution in [0, 0.1) is 0 Å². The molecule has 0 radical (unpaired) electrons. The maximum absolute atomic E-state index is 13.0. The number of allylic oxidation sites excluding steroid dienone is 2. The van der Waals surface area contributed by atoms with Crippen molar-refractivity contribution in [3.8, 4) is 11.5 Å². The van der Waals surface area contributed by atoms with E-state index in [4.69, 9.17) is 9.47 Å². The topological polar surface area (TPSA) is 52.6 Å². The smallest absolute Gasteiger partial charge is 0.206 e. The van der Waals surface area contributed by atoms with Gasteiger partial charge in [-0.1, -0.05) is 78.1 Å². The first kappa shape index (κ1) is 30.7. The first-order valence-corrected chi connectivity index (χ1v) is 15.6. The van der Waals surface area contributed by atoms with Gasteiger partial charge >= 0.3 is 0 Å². The summed E-state index contributed by atoms with van der Waals surface area (Å²) < 4.78 is 37.3. The van der Waals surface area contributed by atoms with Crippen molar-refractivity contribution in [3.05, 3.63) is 73.2 Å². The Morgan fingerprint density at radius 1 is 0.541 bits per heavy atom. The summed E-state index contributed by atoms with van der Waals surface area (Å²) in [6.45, 7) is 4.46. The van der Waals surface area contributed by atoms with Crippen LogP contribution in [-0.4, -0.2) is 8.42 Å². The molecule has 0 atom stereocenters. The van der Waals surface area contributed by atoms with E-state index < -0.39 is 9.84 Å². The Balaban J connectivity index is 1.75. The van der Waals surface area contributed by atoms with E-state index >= 15 is 0 Å². The molecule has 0 amide bonds. The van der Waals surface area contributed by atoms with Gasteiger partial charge in [-0.25, -0.2) is 8.42 Å². The molecular weight excluding hydrogens is 480 g/mol. The lowest BCUT2D eigenvalue weighted by atomic mass is 10.1. The lowest BCUT2D eigenvalue weighted by Crippen LogP contribution is -2.01. The van der Waals surface area contributed by atoms with E-state index in [-0.39, 0.29) is 9.79 Å². The molecule has 0 aromatic heterocycles. The standard InChI is InChI=1S/C32H46O4S/c1-3-5-7-9-11-13-15-17-27-35-29-19-23-31(24-20-29)37(33,34)32-25-21-30(22-26-32)36-28-18-16-14-12-10-8-6-4-2/h17-28H,3-16H2,1-2H3. The summed E-state index contributed by atoms with van der Waals surface area (Å²) in [6.07, 6.45) is 24.7. The van der Waals surface area contributed by atoms with Gasteiger partial charge in [0, 0.05) is 0 Å². The largest absolute Gasteiger partial charge is 0.465 e. The third-order valence-electron chi connectivity index (χ3n) is 6.32. The summed E-state index contributed by atoms with van der Waals surface area (Å²) in [7, 11) is -3.60. The van der Waals surface area contributed by atoms with E-state index in [1.165, 1.54) is 77.0 Å². The van der Waals surface area contributed by atoms with Crippen molar-refractivity contribution >= 4 is 9.84 Å². The minimum absolute atomic E-state index is 0.239. The van der Waals surface area contributed by atoms with Crippen molar-refractivity contribution < 1.29 is 17.9 Å². The molecule has 0 saturated carbocycles. The third kappa shape index (κ3) is 12.5. The molecule has 2 rings (SSSR count). The summed E-state index contributed by atoms with van der Waals surface area (Å²) in [6, 6.07) is 13.1. The fourth-order valence-corrected chi connectivity index (χ4v) is 5.27. The van der Waals surface area contributed by atoms with Crippen LogP contribution in [0.2, 0.25) is 0 Å². The van der Waals surface area contributed by atoms with Crippen LogP contribution in [0.4, 0.5) is 0 Å². The summed E-state index contributed by atoms with van der Waals surface area (Å²) in [5.41, 5.74) is 0. The minimum atomic E-state index is -3.60. The van der Waals surface area contributed by atoms with Gasteiger partial charge in [-0.05, 0) is 86.4 Å². The van der Waals surface area contributed by atoms with Crippen LogP contribution in [0.1, 0.15) is 104 Å². The fraction of sp³-hybridized carbons (Fsp3) is 0.500. The Morgan fingerprint density at radius 2 is 0.892 bits per heavy atom. The first-order valence-electron chi connectivity index (χ1n) is 14.2. The molecule has 2 aromatic carbocycles. The van der Waals surface area contributed by atoms with Crippen LogP contribution in [0.3, 0.4) is 0 Å². The number of unbranched alkanes of at least 4 members (excludes halogenated alkanes) is 12. The van der Waals surface area contributed by atoms with Crippen molar-refractivity contribution in [2.75, 3.05) is 0 Å². The minimum Gasteiger partial charge on any atom is -0.465 e. The molecule has 0 bridgehead atoms. The zero-order chi connectivity index (χ0) is 26.6. The van der Waals surface area contributed by atoms with Gasteiger partial charge in [-0.15, -0.1) is 0 Å². The molecule has 0 unspecified atom stereocenters. The summed E-state index contributed by atoms with van der Waals surface area (Å²) in [4.78, 5) is 0.479. The van der Waals surface area contributed by atoms with E-state index in [2.05, 4.69) is 13.8 Å². The fourth-order valence-electron chi connectivity index (χ4n) is 4.01. The first-order chi connectivity index (χ1) is 18.1. The third-order valence-corrected chi connectivity index (χ3v) is 8.10. The highest BCUT2D eigenvalue weighted by atomic mass is 32.2. The van der Waals surface area contributed by atoms with Gasteiger partial charge in [0.25, 0.3) is 0 Å². The average molecular weight is 527 g/mol. The van der Waals surface area contributed by atoms with Gasteiger partial charge in [-0.3, -0.25) is 0 Å². The molecule has 2 aromatic rings. The maximum atomic E-state index is 13.0. The van der Waals surface area contributed by atoms with Gasteiger partial charge in [0.15, 0.2) is 0 Å². The molecule has 204 valence electrons. The molecule has 0 fully saturated rings. The van der Waals surface area contributed by atoms with E-state index in [0.29, 0.717) is 11.5 Å². The summed E-state index contributed by atoms with van der Waals surface area (Å²) in [5.74, 6) is 1.24. The molecule has 5 heteroatoms. The molecule has 0 aliphatic heterocycles. The average Bonchev–Trinajstić information content (AvgIpc) is 2.92. The van der Waals surface area contributed by atoms with Crippen molar-refractivity contribution in [1.29, 1.82) is 0 Å². The van der Waals surface area contributed by atoms with Crippen LogP contribution >= 0.6 is 0 Å². The second-order valence-corrected chi connectivity index (χ2v) is 11.5. The molecule has 0 aliphatic rings. The lowest BCUT2D eigenvalue weighted by molar-refractivity contribution is 0.477. The Hall–Kier alpha value is -2.53. The monoisotopic (exact) mass is 526 g/mol. The van der Waals surface area contributed by atoms with E-state index in [1.54, 1.807) is 61.1 Å². The predicted octanol–water partition coefficient (Wildman–Crippen LogP) is 9.81. The molecule has 0 spiro atoms. The Morgan fingerprint density at radius 3 is 1.27 bits per heavy atom. The zero-order valence-corrected chi connectivity index (χ0v) is 23.7. The highest BCUT2D eigenvalue weighted by Crippen LogP contribution is 2.25. The summed E-state index contributed by atoms with van der Waals surface area (Å²) in [5, 5.41) is 0. The number of benzene rings is 2. The van der Waals surface area contributed by atoms with Crippen molar-refractivity contribution in [1.82, 2.24) is 0 Å². The molecule has 0 saturated heterocycles. The van der Waals surface area contributed by atoms with Crippen LogP contribution in [-0.2, 0) is 9.84 Å². The molecule has 0 aliphatic carbocycles. The van der Waals surface area contributed by atoms with Crippen LogP contribution in [0.5, 0.6) is 11.5 Å². The second-order valence-electron chi connectivity index (χ2n) is 9.54. The van der Waals surface area contributed by atoms with Gasteiger partial charge in [0.2, 0.25) is 9.84 Å². The Labute approximate surface area is 225 Å². The molecular formula is C32H46O4S. The zero-order valence-electron chi connectivity index (χ0n) is 22.9. The Kier molecular flexibility index (Phi) is 15.5. The van der Waals surface area contributed by atoms with Crippen molar-refractivity contribution in [3.63, 3.8) is 0 Å². The van der Waals surface area contributed by atoms with Gasteiger partial charge in [-0.2, -0.15) is 0 Å². The molecule has 37 heavy (non-hydrogen) atoms. The number of hydrogen-bond donors (Lipinski definition) is 0. The maximum Gasteiger partial charge on any atom is 0.206 e. The number of hydrogen-bond acceptors (Lipinski definition) is 4. The number of ether oxygens (including phenoxy) is 2. The molecule has 0 heterocycles. The van der Waals surface area contributed by atoms with Gasteiger partial charge < -0.3 is 9.47 Å². The van der Waals surface area contributed by atoms with E-state index in [0.717, 1.165) is 12.8 Å². The normalized spacial score (nSPS) is 11.9. The highest BCUT2D eigenvalue weighted by Gasteiger charge is 2.17. The Bertz CT molecular complexity index is 928. The number of rotatable bonds is 20. The van der Waals surface area contributed by atoms with Crippen molar-refractivity contribution in [2.24, 2.45) is 0 Å². The van der Waals surface area contributed by atoms with Crippen LogP contribution in [0.25, 0.3) is 0 Å². The predicted molar refractivity (Wildman–Crippen MR) is 154 cm³/mol. The van der Waals surface area contributed by atoms with E-state index in [1.807, 2.05) is 12.2 Å². The van der Waals surface area contributed by atoms with Gasteiger partial charge in [0.05, 0.1) is 22.3 Å². The highest BCUT2D eigenvalue weighted by molar-refractivity contribution is 7.91. The molecule has 4 nitrogen and oxygen atoms in total. The number of sulfone groups is 1. The SMILES string of the molecule is CCCCCCCCC=COc1ccc(S(=O)(=O)c2ccc(OC=CCCCCCCCC)cc2)cc1. The van der Waals surface area contributed by atoms with Crippen LogP contribution in [0.15, 0.2) is 83.0 Å². The van der Waals surface area contributed by atoms with E-state index in [9.17, 15) is 8.42 Å². The summed E-state index contributed by atoms with van der Waals surface area (Å²) >= 11 is 0. The van der Waals surface area contributed by atoms with Gasteiger partial charge in [0.1, 0.15) is 11.5 Å². The lowest BCUT2D eigenvalue weighted by Gasteiger charge is -2.07.